The highest BCUT2D eigenvalue weighted by molar-refractivity contribution is 5.72. The molecule has 0 aliphatic rings. The molecule has 1 N–H and O–H groups in total. The fourth-order valence-corrected chi connectivity index (χ4v) is 1.89. The van der Waals surface area contributed by atoms with Gasteiger partial charge in [-0.25, -0.2) is 0 Å². The van der Waals surface area contributed by atoms with Crippen LogP contribution in [0, 0.1) is 10.1 Å². The third-order valence-corrected chi connectivity index (χ3v) is 2.81. The van der Waals surface area contributed by atoms with Crippen molar-refractivity contribution < 1.29 is 19.2 Å². The average molecular weight is 296 g/mol. The number of nitrogens with one attached hydrogen (secondary N) is 1. The summed E-state index contributed by atoms with van der Waals surface area (Å²) in [7, 11) is 1.48. The van der Waals surface area contributed by atoms with Crippen molar-refractivity contribution in [1.82, 2.24) is 5.32 Å². The molecule has 0 saturated heterocycles. The lowest BCUT2D eigenvalue weighted by Crippen LogP contribution is -2.25. The molecule has 7 heteroatoms. The molecule has 0 spiro atoms. The summed E-state index contributed by atoms with van der Waals surface area (Å²) in [6.45, 7) is 3.89. The van der Waals surface area contributed by atoms with E-state index in [0.29, 0.717) is 30.0 Å². The zero-order valence-electron chi connectivity index (χ0n) is 12.5. The number of nitro benzene ring substituents is 1. The topological polar surface area (TPSA) is 90.7 Å². The van der Waals surface area contributed by atoms with Gasteiger partial charge in [-0.3, -0.25) is 14.9 Å². The first-order chi connectivity index (χ1) is 9.99. The van der Waals surface area contributed by atoms with E-state index in [0.717, 1.165) is 6.42 Å². The number of hydrogen-bond acceptors (Lipinski definition) is 5. The molecular formula is C14H20N2O5. The molecule has 0 radical (unpaired) electrons. The summed E-state index contributed by atoms with van der Waals surface area (Å²) in [5.41, 5.74) is 0.640. The summed E-state index contributed by atoms with van der Waals surface area (Å²) < 4.78 is 10.7. The third-order valence-electron chi connectivity index (χ3n) is 2.81. The monoisotopic (exact) mass is 296 g/mol. The molecule has 0 bridgehead atoms. The van der Waals surface area contributed by atoms with Gasteiger partial charge in [-0.1, -0.05) is 13.3 Å². The van der Waals surface area contributed by atoms with Gasteiger partial charge >= 0.3 is 0 Å². The van der Waals surface area contributed by atoms with Crippen molar-refractivity contribution in [3.63, 3.8) is 0 Å². The summed E-state index contributed by atoms with van der Waals surface area (Å²) in [5.74, 6) is 0.594. The molecule has 0 fully saturated rings. The molecule has 7 nitrogen and oxygen atoms in total. The maximum atomic E-state index is 11.1. The zero-order chi connectivity index (χ0) is 15.8. The molecule has 0 unspecified atom stereocenters. The van der Waals surface area contributed by atoms with Gasteiger partial charge in [0.1, 0.15) is 6.61 Å². The van der Waals surface area contributed by atoms with Crippen LogP contribution >= 0.6 is 0 Å². The number of nitrogens with zero attached hydrogens (tertiary/aromatic N) is 1. The van der Waals surface area contributed by atoms with Gasteiger partial charge in [-0.2, -0.15) is 0 Å². The van der Waals surface area contributed by atoms with E-state index in [1.807, 2.05) is 6.92 Å². The molecule has 0 aliphatic carbocycles. The molecule has 0 aromatic heterocycles. The van der Waals surface area contributed by atoms with Gasteiger partial charge in [0.25, 0.3) is 5.69 Å². The van der Waals surface area contributed by atoms with Crippen molar-refractivity contribution in [2.24, 2.45) is 0 Å². The van der Waals surface area contributed by atoms with Crippen LogP contribution < -0.4 is 14.8 Å². The molecule has 0 aliphatic heterocycles. The van der Waals surface area contributed by atoms with Crippen LogP contribution in [0.5, 0.6) is 11.5 Å². The van der Waals surface area contributed by atoms with Crippen LogP contribution in [0.15, 0.2) is 12.1 Å². The van der Waals surface area contributed by atoms with Crippen LogP contribution in [-0.4, -0.2) is 31.1 Å². The summed E-state index contributed by atoms with van der Waals surface area (Å²) in [6, 6.07) is 3.01. The van der Waals surface area contributed by atoms with Crippen molar-refractivity contribution in [2.75, 3.05) is 20.3 Å². The predicted molar refractivity (Wildman–Crippen MR) is 77.8 cm³/mol. The quantitative estimate of drug-likeness (QED) is 0.450. The number of hydrogen-bond donors (Lipinski definition) is 1. The van der Waals surface area contributed by atoms with Crippen LogP contribution in [0.4, 0.5) is 5.69 Å². The van der Waals surface area contributed by atoms with E-state index in [1.54, 1.807) is 6.07 Å². The Bertz CT molecular complexity index is 516. The van der Waals surface area contributed by atoms with Crippen LogP contribution in [0.3, 0.4) is 0 Å². The lowest BCUT2D eigenvalue weighted by molar-refractivity contribution is -0.385. The second kappa shape index (κ2) is 8.08. The molecule has 1 aromatic carbocycles. The van der Waals surface area contributed by atoms with Gasteiger partial charge in [0.15, 0.2) is 11.5 Å². The number of methoxy groups -OCH3 is 1. The molecule has 0 heterocycles. The first kappa shape index (κ1) is 16.7. The Balaban J connectivity index is 2.93. The van der Waals surface area contributed by atoms with E-state index >= 15 is 0 Å². The fourth-order valence-electron chi connectivity index (χ4n) is 1.89. The van der Waals surface area contributed by atoms with E-state index in [-0.39, 0.29) is 18.2 Å². The van der Waals surface area contributed by atoms with Crippen LogP contribution in [-0.2, 0) is 11.2 Å². The van der Waals surface area contributed by atoms with Gasteiger partial charge < -0.3 is 14.8 Å². The molecule has 1 amide bonds. The SMILES string of the molecule is CCCc1cc(OC)c(OCCNC(C)=O)cc1[N+](=O)[O-]. The standard InChI is InChI=1S/C14H20N2O5/c1-4-5-11-8-13(20-3)14(9-12(11)16(18)19)21-7-6-15-10(2)17/h8-9H,4-7H2,1-3H3,(H,15,17). The lowest BCUT2D eigenvalue weighted by atomic mass is 10.1. The Morgan fingerprint density at radius 2 is 2.10 bits per heavy atom. The Hall–Kier alpha value is -2.31. The van der Waals surface area contributed by atoms with Crippen molar-refractivity contribution in [1.29, 1.82) is 0 Å². The maximum absolute atomic E-state index is 11.1. The number of rotatable bonds is 8. The molecule has 21 heavy (non-hydrogen) atoms. The normalized spacial score (nSPS) is 10.0. The lowest BCUT2D eigenvalue weighted by Gasteiger charge is -2.12. The molecule has 116 valence electrons. The van der Waals surface area contributed by atoms with Gasteiger partial charge in [0, 0.05) is 12.5 Å². The number of carbonyl (C=O) groups is 1. The Kier molecular flexibility index (Phi) is 6.45. The molecular weight excluding hydrogens is 276 g/mol. The minimum Gasteiger partial charge on any atom is -0.493 e. The fraction of sp³-hybridized carbons (Fsp3) is 0.500. The average Bonchev–Trinajstić information content (AvgIpc) is 2.43. The molecule has 1 aromatic rings. The van der Waals surface area contributed by atoms with Gasteiger partial charge in [-0.15, -0.1) is 0 Å². The maximum Gasteiger partial charge on any atom is 0.276 e. The number of ether oxygens (including phenoxy) is 2. The van der Waals surface area contributed by atoms with E-state index in [1.165, 1.54) is 20.1 Å². The highest BCUT2D eigenvalue weighted by Gasteiger charge is 2.19. The first-order valence-corrected chi connectivity index (χ1v) is 6.72. The van der Waals surface area contributed by atoms with Gasteiger partial charge in [-0.05, 0) is 12.5 Å². The Morgan fingerprint density at radius 3 is 2.62 bits per heavy atom. The summed E-state index contributed by atoms with van der Waals surface area (Å²) >= 11 is 0. The highest BCUT2D eigenvalue weighted by atomic mass is 16.6. The molecule has 0 saturated carbocycles. The van der Waals surface area contributed by atoms with E-state index in [4.69, 9.17) is 9.47 Å². The second-order valence-electron chi connectivity index (χ2n) is 4.47. The predicted octanol–water partition coefficient (Wildman–Crippen LogP) is 2.07. The van der Waals surface area contributed by atoms with Gasteiger partial charge in [0.05, 0.1) is 24.6 Å². The molecule has 0 atom stereocenters. The number of amides is 1. The van der Waals surface area contributed by atoms with Crippen LogP contribution in [0.1, 0.15) is 25.8 Å². The largest absolute Gasteiger partial charge is 0.493 e. The van der Waals surface area contributed by atoms with Crippen LogP contribution in [0.2, 0.25) is 0 Å². The van der Waals surface area contributed by atoms with Crippen LogP contribution in [0.25, 0.3) is 0 Å². The minimum atomic E-state index is -0.425. The number of carbonyl (C=O) groups excluding carboxylic acids is 1. The van der Waals surface area contributed by atoms with Crippen molar-refractivity contribution in [2.45, 2.75) is 26.7 Å². The van der Waals surface area contributed by atoms with Gasteiger partial charge in [0.2, 0.25) is 5.91 Å². The smallest absolute Gasteiger partial charge is 0.276 e. The van der Waals surface area contributed by atoms with Crippen molar-refractivity contribution in [3.8, 4) is 11.5 Å². The Labute approximate surface area is 123 Å². The number of benzene rings is 1. The molecule has 1 rings (SSSR count). The first-order valence-electron chi connectivity index (χ1n) is 6.72. The minimum absolute atomic E-state index is 0.0205. The highest BCUT2D eigenvalue weighted by Crippen LogP contribution is 2.35. The number of nitro groups is 1. The number of aryl methyl sites for hydroxylation is 1. The van der Waals surface area contributed by atoms with E-state index in [9.17, 15) is 14.9 Å². The third kappa shape index (κ3) is 4.94. The summed E-state index contributed by atoms with van der Waals surface area (Å²) in [6.07, 6.45) is 1.39. The Morgan fingerprint density at radius 1 is 1.38 bits per heavy atom. The van der Waals surface area contributed by atoms with E-state index in [2.05, 4.69) is 5.32 Å². The van der Waals surface area contributed by atoms with E-state index < -0.39 is 4.92 Å². The summed E-state index contributed by atoms with van der Waals surface area (Å²) in [5, 5.41) is 13.7. The van der Waals surface area contributed by atoms with Crippen molar-refractivity contribution >= 4 is 11.6 Å². The zero-order valence-corrected chi connectivity index (χ0v) is 12.5. The van der Waals surface area contributed by atoms with Crippen molar-refractivity contribution in [3.05, 3.63) is 27.8 Å². The second-order valence-corrected chi connectivity index (χ2v) is 4.47. The summed E-state index contributed by atoms with van der Waals surface area (Å²) in [4.78, 5) is 21.5.